The second kappa shape index (κ2) is 13.9. The fourth-order valence-electron chi connectivity index (χ4n) is 3.91. The zero-order valence-electron chi connectivity index (χ0n) is 22.6. The maximum Gasteiger partial charge on any atom is 0.416 e. The Hall–Kier alpha value is -3.49. The lowest BCUT2D eigenvalue weighted by Gasteiger charge is -2.16. The minimum atomic E-state index is -4.65. The summed E-state index contributed by atoms with van der Waals surface area (Å²) in [6.45, 7) is 1.72. The predicted molar refractivity (Wildman–Crippen MR) is 163 cm³/mol. The van der Waals surface area contributed by atoms with E-state index in [2.05, 4.69) is 37.2 Å². The van der Waals surface area contributed by atoms with E-state index < -0.39 is 35.3 Å². The van der Waals surface area contributed by atoms with Crippen molar-refractivity contribution in [1.29, 1.82) is 0 Å². The zero-order chi connectivity index (χ0) is 31.3. The van der Waals surface area contributed by atoms with Gasteiger partial charge in [0.15, 0.2) is 11.5 Å². The van der Waals surface area contributed by atoms with Gasteiger partial charge in [0.2, 0.25) is 5.91 Å². The Morgan fingerprint density at radius 2 is 1.74 bits per heavy atom. The number of benzene rings is 3. The normalized spacial score (nSPS) is 14.3. The van der Waals surface area contributed by atoms with Gasteiger partial charge in [0.25, 0.3) is 11.1 Å². The van der Waals surface area contributed by atoms with Gasteiger partial charge in [-0.1, -0.05) is 28.1 Å². The number of hydrogen-bond donors (Lipinski definition) is 1. The van der Waals surface area contributed by atoms with E-state index in [4.69, 9.17) is 14.2 Å². The molecule has 14 heteroatoms. The van der Waals surface area contributed by atoms with Crippen molar-refractivity contribution < 1.29 is 41.8 Å². The molecule has 3 aromatic carbocycles. The van der Waals surface area contributed by atoms with Gasteiger partial charge < -0.3 is 19.5 Å². The van der Waals surface area contributed by atoms with E-state index in [1.807, 2.05) is 31.2 Å². The van der Waals surface area contributed by atoms with E-state index >= 15 is 0 Å². The number of alkyl halides is 3. The third-order valence-corrected chi connectivity index (χ3v) is 7.93. The summed E-state index contributed by atoms with van der Waals surface area (Å²) < 4.78 is 57.7. The number of thioether (sulfide) groups is 1. The summed E-state index contributed by atoms with van der Waals surface area (Å²) in [5.74, 6) is -0.762. The highest BCUT2D eigenvalue weighted by atomic mass is 79.9. The lowest BCUT2D eigenvalue weighted by Crippen LogP contribution is -2.36. The number of hydrogen-bond acceptors (Lipinski definition) is 7. The molecule has 43 heavy (non-hydrogen) atoms. The molecule has 8 nitrogen and oxygen atoms in total. The van der Waals surface area contributed by atoms with Crippen LogP contribution in [-0.4, -0.2) is 42.2 Å². The Morgan fingerprint density at radius 3 is 2.40 bits per heavy atom. The van der Waals surface area contributed by atoms with E-state index in [9.17, 15) is 27.6 Å². The highest BCUT2D eigenvalue weighted by Gasteiger charge is 2.37. The minimum absolute atomic E-state index is 0.0182. The highest BCUT2D eigenvalue weighted by Crippen LogP contribution is 2.40. The number of anilines is 1. The number of nitrogens with one attached hydrogen (secondary N) is 1. The van der Waals surface area contributed by atoms with Gasteiger partial charge in [-0.15, -0.1) is 0 Å². The number of nitrogens with zero attached hydrogens (tertiary/aromatic N) is 1. The summed E-state index contributed by atoms with van der Waals surface area (Å²) in [6.07, 6.45) is -3.17. The molecule has 1 aliphatic rings. The van der Waals surface area contributed by atoms with Crippen molar-refractivity contribution in [2.24, 2.45) is 0 Å². The number of amides is 3. The van der Waals surface area contributed by atoms with Gasteiger partial charge in [0, 0.05) is 4.47 Å². The van der Waals surface area contributed by atoms with Crippen molar-refractivity contribution in [2.45, 2.75) is 19.7 Å². The first-order chi connectivity index (χ1) is 20.4. The number of imide groups is 1. The van der Waals surface area contributed by atoms with Crippen molar-refractivity contribution in [2.75, 3.05) is 25.6 Å². The SMILES string of the molecule is CCOc1cc(/C=C2\SC(=O)N(CC(=O)Nc3cc(C(F)(F)F)ccc3OC)C2=O)cc(Br)c1OCc1ccc(Br)cc1. The quantitative estimate of drug-likeness (QED) is 0.211. The summed E-state index contributed by atoms with van der Waals surface area (Å²) in [6, 6.07) is 13.6. The largest absolute Gasteiger partial charge is 0.495 e. The van der Waals surface area contributed by atoms with Crippen molar-refractivity contribution in [3.63, 3.8) is 0 Å². The molecule has 0 unspecified atom stereocenters. The smallest absolute Gasteiger partial charge is 0.416 e. The maximum absolute atomic E-state index is 13.1. The summed E-state index contributed by atoms with van der Waals surface area (Å²) in [5.41, 5.74) is 0.210. The summed E-state index contributed by atoms with van der Waals surface area (Å²) in [4.78, 5) is 39.1. The monoisotopic (exact) mass is 742 g/mol. The Bertz CT molecular complexity index is 1580. The first-order valence-corrected chi connectivity index (χ1v) is 14.9. The lowest BCUT2D eigenvalue weighted by atomic mass is 10.1. The van der Waals surface area contributed by atoms with Crippen LogP contribution in [0.5, 0.6) is 17.2 Å². The molecule has 3 amide bonds. The highest BCUT2D eigenvalue weighted by molar-refractivity contribution is 9.10. The Morgan fingerprint density at radius 1 is 1.02 bits per heavy atom. The van der Waals surface area contributed by atoms with Crippen LogP contribution in [0.2, 0.25) is 0 Å². The summed E-state index contributed by atoms with van der Waals surface area (Å²) in [5, 5.41) is 1.58. The van der Waals surface area contributed by atoms with Crippen molar-refractivity contribution in [3.05, 3.63) is 85.1 Å². The fraction of sp³-hybridized carbons (Fsp3) is 0.207. The number of carbonyl (C=O) groups is 3. The number of halogens is 5. The average molecular weight is 744 g/mol. The minimum Gasteiger partial charge on any atom is -0.495 e. The van der Waals surface area contributed by atoms with Crippen LogP contribution in [-0.2, 0) is 22.4 Å². The molecular weight excluding hydrogens is 721 g/mol. The van der Waals surface area contributed by atoms with Crippen molar-refractivity contribution in [1.82, 2.24) is 4.90 Å². The van der Waals surface area contributed by atoms with Crippen LogP contribution < -0.4 is 19.5 Å². The van der Waals surface area contributed by atoms with E-state index in [1.165, 1.54) is 13.2 Å². The number of methoxy groups -OCH3 is 1. The average Bonchev–Trinajstić information content (AvgIpc) is 3.20. The molecule has 0 radical (unpaired) electrons. The second-order valence-electron chi connectivity index (χ2n) is 8.91. The molecule has 0 bridgehead atoms. The molecule has 3 aromatic rings. The van der Waals surface area contributed by atoms with Crippen LogP contribution in [0.1, 0.15) is 23.6 Å². The van der Waals surface area contributed by atoms with Crippen LogP contribution in [0.4, 0.5) is 23.7 Å². The number of ether oxygens (including phenoxy) is 3. The van der Waals surface area contributed by atoms with Crippen LogP contribution in [0.15, 0.2) is 68.4 Å². The molecule has 1 saturated heterocycles. The van der Waals surface area contributed by atoms with Gasteiger partial charge in [-0.05, 0) is 94.3 Å². The molecule has 226 valence electrons. The third-order valence-electron chi connectivity index (χ3n) is 5.90. The number of carbonyl (C=O) groups excluding carboxylic acids is 3. The van der Waals surface area contributed by atoms with Gasteiger partial charge in [0.1, 0.15) is 18.9 Å². The van der Waals surface area contributed by atoms with Crippen molar-refractivity contribution >= 4 is 72.4 Å². The zero-order valence-corrected chi connectivity index (χ0v) is 26.6. The molecule has 0 aromatic heterocycles. The molecule has 0 saturated carbocycles. The van der Waals surface area contributed by atoms with Gasteiger partial charge in [-0.25, -0.2) is 0 Å². The second-order valence-corrected chi connectivity index (χ2v) is 11.7. The molecule has 4 rings (SSSR count). The Labute approximate surface area is 265 Å². The first kappa shape index (κ1) is 32.4. The van der Waals surface area contributed by atoms with E-state index in [1.54, 1.807) is 12.1 Å². The van der Waals surface area contributed by atoms with Gasteiger partial charge in [-0.2, -0.15) is 13.2 Å². The van der Waals surface area contributed by atoms with Crippen LogP contribution in [0, 0.1) is 0 Å². The predicted octanol–water partition coefficient (Wildman–Crippen LogP) is 7.89. The van der Waals surface area contributed by atoms with Gasteiger partial charge in [-0.3, -0.25) is 19.3 Å². The van der Waals surface area contributed by atoms with Gasteiger partial charge >= 0.3 is 6.18 Å². The van der Waals surface area contributed by atoms with Crippen LogP contribution in [0.3, 0.4) is 0 Å². The van der Waals surface area contributed by atoms with Crippen LogP contribution >= 0.6 is 43.6 Å². The standard InChI is InChI=1S/C29H23Br2F3N2O6S/c1-3-41-23-11-17(10-20(31)26(23)42-15-16-4-7-19(30)8-5-16)12-24-27(38)36(28(39)43-24)14-25(37)35-21-13-18(29(32,33)34)6-9-22(21)40-2/h4-13H,3,14-15H2,1-2H3,(H,35,37)/b24-12-. The summed E-state index contributed by atoms with van der Waals surface area (Å²) >= 11 is 7.52. The molecule has 0 atom stereocenters. The molecular formula is C29H23Br2F3N2O6S. The van der Waals surface area contributed by atoms with E-state index in [-0.39, 0.29) is 22.9 Å². The third kappa shape index (κ3) is 8.12. The molecule has 1 N–H and O–H groups in total. The topological polar surface area (TPSA) is 94.2 Å². The van der Waals surface area contributed by atoms with Crippen molar-refractivity contribution in [3.8, 4) is 17.2 Å². The molecule has 1 fully saturated rings. The van der Waals surface area contributed by atoms with E-state index in [0.717, 1.165) is 22.2 Å². The molecule has 1 aliphatic heterocycles. The maximum atomic E-state index is 13.1. The number of rotatable bonds is 10. The van der Waals surface area contributed by atoms with Gasteiger partial charge in [0.05, 0.1) is 34.3 Å². The van der Waals surface area contributed by atoms with Crippen LogP contribution in [0.25, 0.3) is 6.08 Å². The molecule has 0 aliphatic carbocycles. The fourth-order valence-corrected chi connectivity index (χ4v) is 5.59. The molecule has 0 spiro atoms. The lowest BCUT2D eigenvalue weighted by molar-refractivity contribution is -0.137. The molecule has 1 heterocycles. The first-order valence-electron chi connectivity index (χ1n) is 12.5. The van der Waals surface area contributed by atoms with E-state index in [0.29, 0.717) is 50.9 Å². The Balaban J connectivity index is 1.49. The summed E-state index contributed by atoms with van der Waals surface area (Å²) in [7, 11) is 1.23. The Kier molecular flexibility index (Phi) is 10.5.